The molecule has 1 aromatic carbocycles. The summed E-state index contributed by atoms with van der Waals surface area (Å²) < 4.78 is 64.3. The maximum absolute atomic E-state index is 12.8. The molecule has 0 aliphatic heterocycles. The Bertz CT molecular complexity index is 964. The van der Waals surface area contributed by atoms with E-state index in [9.17, 15) is 26.7 Å². The number of benzene rings is 1. The van der Waals surface area contributed by atoms with Gasteiger partial charge in [0.15, 0.2) is 5.65 Å². The monoisotopic (exact) mass is 355 g/mol. The van der Waals surface area contributed by atoms with Gasteiger partial charge in [0.1, 0.15) is 11.2 Å². The number of hydrogen-bond donors (Lipinski definition) is 0. The van der Waals surface area contributed by atoms with Gasteiger partial charge in [0.25, 0.3) is 12.0 Å². The minimum absolute atomic E-state index is 0.0107. The van der Waals surface area contributed by atoms with Crippen LogP contribution >= 0.6 is 0 Å². The number of aromatic nitrogens is 3. The van der Waals surface area contributed by atoms with Crippen molar-refractivity contribution in [1.82, 2.24) is 14.5 Å². The van der Waals surface area contributed by atoms with Gasteiger partial charge in [0.2, 0.25) is 0 Å². The maximum Gasteiger partial charge on any atom is 0.416 e. The lowest BCUT2D eigenvalue weighted by molar-refractivity contribution is -0.137. The van der Waals surface area contributed by atoms with Gasteiger partial charge in [-0.15, -0.1) is 0 Å². The zero-order chi connectivity index (χ0) is 18.2. The van der Waals surface area contributed by atoms with Crippen molar-refractivity contribution < 1.29 is 22.0 Å². The Balaban J connectivity index is 2.19. The first-order valence-electron chi connectivity index (χ1n) is 7.08. The Kier molecular flexibility index (Phi) is 4.23. The van der Waals surface area contributed by atoms with Crippen LogP contribution in [0.15, 0.2) is 47.4 Å². The summed E-state index contributed by atoms with van der Waals surface area (Å²) in [6, 6.07) is 6.78. The van der Waals surface area contributed by atoms with E-state index in [4.69, 9.17) is 0 Å². The minimum atomic E-state index is -4.52. The SMILES string of the molecule is O=c1c(-c2ccc(C(F)(F)F)cc2)nc2cccnc2n1CC(F)F. The highest BCUT2D eigenvalue weighted by molar-refractivity contribution is 5.74. The highest BCUT2D eigenvalue weighted by Gasteiger charge is 2.30. The molecular formula is C16H10F5N3O. The fourth-order valence-corrected chi connectivity index (χ4v) is 2.39. The van der Waals surface area contributed by atoms with Crippen molar-refractivity contribution >= 4 is 11.2 Å². The van der Waals surface area contributed by atoms with Gasteiger partial charge in [-0.1, -0.05) is 12.1 Å². The molecule has 25 heavy (non-hydrogen) atoms. The number of rotatable bonds is 3. The molecule has 0 spiro atoms. The van der Waals surface area contributed by atoms with E-state index in [0.29, 0.717) is 0 Å². The summed E-state index contributed by atoms with van der Waals surface area (Å²) in [6.45, 7) is -0.886. The summed E-state index contributed by atoms with van der Waals surface area (Å²) in [5.41, 5.74) is -1.65. The van der Waals surface area contributed by atoms with Crippen molar-refractivity contribution in [3.63, 3.8) is 0 Å². The smallest absolute Gasteiger partial charge is 0.284 e. The van der Waals surface area contributed by atoms with Gasteiger partial charge < -0.3 is 0 Å². The van der Waals surface area contributed by atoms with Gasteiger partial charge >= 0.3 is 6.18 Å². The summed E-state index contributed by atoms with van der Waals surface area (Å²) >= 11 is 0. The van der Waals surface area contributed by atoms with Crippen LogP contribution in [0.4, 0.5) is 22.0 Å². The summed E-state index contributed by atoms with van der Waals surface area (Å²) in [6.07, 6.45) is -5.98. The van der Waals surface area contributed by atoms with Gasteiger partial charge in [-0.25, -0.2) is 18.7 Å². The van der Waals surface area contributed by atoms with Gasteiger partial charge in [-0.2, -0.15) is 13.2 Å². The first-order valence-corrected chi connectivity index (χ1v) is 7.08. The molecule has 130 valence electrons. The Labute approximate surface area is 137 Å². The van der Waals surface area contributed by atoms with Crippen LogP contribution in [0.2, 0.25) is 0 Å². The van der Waals surface area contributed by atoms with E-state index >= 15 is 0 Å². The summed E-state index contributed by atoms with van der Waals surface area (Å²) in [5, 5.41) is 0. The molecule has 2 heterocycles. The number of nitrogens with zero attached hydrogens (tertiary/aromatic N) is 3. The van der Waals surface area contributed by atoms with Crippen molar-refractivity contribution in [3.05, 3.63) is 58.5 Å². The molecule has 0 aliphatic rings. The fraction of sp³-hybridized carbons (Fsp3) is 0.188. The van der Waals surface area contributed by atoms with Crippen LogP contribution < -0.4 is 5.56 Å². The topological polar surface area (TPSA) is 47.8 Å². The van der Waals surface area contributed by atoms with Crippen LogP contribution in [0.1, 0.15) is 5.56 Å². The van der Waals surface area contributed by atoms with E-state index in [1.54, 1.807) is 0 Å². The van der Waals surface area contributed by atoms with E-state index in [0.717, 1.165) is 28.8 Å². The van der Waals surface area contributed by atoms with Crippen molar-refractivity contribution in [2.75, 3.05) is 0 Å². The highest BCUT2D eigenvalue weighted by Crippen LogP contribution is 2.30. The molecule has 0 fully saturated rings. The van der Waals surface area contributed by atoms with Gasteiger partial charge in [-0.05, 0) is 24.3 Å². The van der Waals surface area contributed by atoms with Gasteiger partial charge in [0.05, 0.1) is 12.1 Å². The van der Waals surface area contributed by atoms with Crippen LogP contribution in [-0.2, 0) is 12.7 Å². The zero-order valence-corrected chi connectivity index (χ0v) is 12.5. The van der Waals surface area contributed by atoms with Crippen LogP contribution in [0.25, 0.3) is 22.4 Å². The predicted octanol–water partition coefficient (Wildman–Crippen LogP) is 3.74. The van der Waals surface area contributed by atoms with Crippen molar-refractivity contribution in [2.45, 2.75) is 19.1 Å². The number of halogens is 5. The molecule has 0 N–H and O–H groups in total. The van der Waals surface area contributed by atoms with Crippen molar-refractivity contribution in [1.29, 1.82) is 0 Å². The highest BCUT2D eigenvalue weighted by atomic mass is 19.4. The Morgan fingerprint density at radius 2 is 1.76 bits per heavy atom. The van der Waals surface area contributed by atoms with Crippen molar-refractivity contribution in [2.24, 2.45) is 0 Å². The quantitative estimate of drug-likeness (QED) is 0.673. The molecule has 0 atom stereocenters. The van der Waals surface area contributed by atoms with Crippen LogP contribution in [0, 0.1) is 0 Å². The number of fused-ring (bicyclic) bond motifs is 1. The Hall–Kier alpha value is -2.84. The van der Waals surface area contributed by atoms with E-state index in [1.165, 1.54) is 18.3 Å². The second-order valence-corrected chi connectivity index (χ2v) is 5.19. The molecule has 0 saturated carbocycles. The second-order valence-electron chi connectivity index (χ2n) is 5.19. The molecule has 2 aromatic heterocycles. The summed E-state index contributed by atoms with van der Waals surface area (Å²) in [5.74, 6) is 0. The molecule has 0 saturated heterocycles. The number of alkyl halides is 5. The third-order valence-electron chi connectivity index (χ3n) is 3.51. The predicted molar refractivity (Wildman–Crippen MR) is 80.2 cm³/mol. The molecular weight excluding hydrogens is 345 g/mol. The standard InChI is InChI=1S/C16H10F5N3O/c17-12(18)8-24-14-11(2-1-7-22-14)23-13(15(24)25)9-3-5-10(6-4-9)16(19,20)21/h1-7,12H,8H2. The lowest BCUT2D eigenvalue weighted by Crippen LogP contribution is -2.27. The van der Waals surface area contributed by atoms with E-state index in [-0.39, 0.29) is 22.4 Å². The zero-order valence-electron chi connectivity index (χ0n) is 12.5. The minimum Gasteiger partial charge on any atom is -0.284 e. The first-order chi connectivity index (χ1) is 11.8. The molecule has 0 unspecified atom stereocenters. The molecule has 0 aliphatic carbocycles. The van der Waals surface area contributed by atoms with Gasteiger partial charge in [-0.3, -0.25) is 9.36 Å². The molecule has 0 amide bonds. The normalized spacial score (nSPS) is 12.1. The Morgan fingerprint density at radius 3 is 2.36 bits per heavy atom. The molecule has 0 radical (unpaired) electrons. The second kappa shape index (κ2) is 6.23. The maximum atomic E-state index is 12.8. The van der Waals surface area contributed by atoms with Gasteiger partial charge in [0, 0.05) is 11.8 Å². The van der Waals surface area contributed by atoms with E-state index in [2.05, 4.69) is 9.97 Å². The summed E-state index contributed by atoms with van der Waals surface area (Å²) in [4.78, 5) is 20.5. The lowest BCUT2D eigenvalue weighted by atomic mass is 10.1. The summed E-state index contributed by atoms with van der Waals surface area (Å²) in [7, 11) is 0. The molecule has 4 nitrogen and oxygen atoms in total. The molecule has 9 heteroatoms. The fourth-order valence-electron chi connectivity index (χ4n) is 2.39. The van der Waals surface area contributed by atoms with Crippen LogP contribution in [0.5, 0.6) is 0 Å². The number of pyridine rings is 1. The first kappa shape index (κ1) is 17.0. The average Bonchev–Trinajstić information content (AvgIpc) is 2.56. The van der Waals surface area contributed by atoms with Crippen LogP contribution in [-0.4, -0.2) is 21.0 Å². The third kappa shape index (κ3) is 3.35. The largest absolute Gasteiger partial charge is 0.416 e. The molecule has 3 rings (SSSR count). The van der Waals surface area contributed by atoms with E-state index in [1.807, 2.05) is 0 Å². The van der Waals surface area contributed by atoms with Crippen molar-refractivity contribution in [3.8, 4) is 11.3 Å². The Morgan fingerprint density at radius 1 is 1.08 bits per heavy atom. The van der Waals surface area contributed by atoms with Crippen LogP contribution in [0.3, 0.4) is 0 Å². The molecule has 0 bridgehead atoms. The lowest BCUT2D eigenvalue weighted by Gasteiger charge is -2.12. The number of hydrogen-bond acceptors (Lipinski definition) is 3. The molecule has 3 aromatic rings. The third-order valence-corrected chi connectivity index (χ3v) is 3.51. The van der Waals surface area contributed by atoms with E-state index < -0.39 is 30.3 Å². The average molecular weight is 355 g/mol.